The highest BCUT2D eigenvalue weighted by molar-refractivity contribution is 5.68. The van der Waals surface area contributed by atoms with Crippen LogP contribution in [-0.2, 0) is 4.74 Å². The summed E-state index contributed by atoms with van der Waals surface area (Å²) in [4.78, 5) is 13.8. The maximum absolute atomic E-state index is 12.2. The number of nitrogens with one attached hydrogen (secondary N) is 2. The molecule has 0 aromatic heterocycles. The quantitative estimate of drug-likeness (QED) is 0.632. The highest BCUT2D eigenvalue weighted by Gasteiger charge is 2.23. The molecule has 1 fully saturated rings. The van der Waals surface area contributed by atoms with Crippen molar-refractivity contribution in [3.05, 3.63) is 0 Å². The van der Waals surface area contributed by atoms with Crippen LogP contribution < -0.4 is 10.6 Å². The summed E-state index contributed by atoms with van der Waals surface area (Å²) in [5.74, 6) is 0. The van der Waals surface area contributed by atoms with E-state index in [9.17, 15) is 9.90 Å². The molecule has 3 atom stereocenters. The summed E-state index contributed by atoms with van der Waals surface area (Å²) in [5, 5.41) is 16.5. The van der Waals surface area contributed by atoms with E-state index in [4.69, 9.17) is 4.74 Å². The first-order valence-electron chi connectivity index (χ1n) is 8.80. The van der Waals surface area contributed by atoms with Crippen LogP contribution in [0.25, 0.3) is 0 Å². The average molecular weight is 329 g/mol. The van der Waals surface area contributed by atoms with E-state index in [1.165, 1.54) is 12.8 Å². The van der Waals surface area contributed by atoms with E-state index in [0.29, 0.717) is 25.2 Å². The Kier molecular flexibility index (Phi) is 8.29. The summed E-state index contributed by atoms with van der Waals surface area (Å²) in [6, 6.07) is 1.01. The number of carbonyl (C=O) groups excluding carboxylic acids is 1. The van der Waals surface area contributed by atoms with E-state index in [1.54, 1.807) is 11.8 Å². The van der Waals surface area contributed by atoms with E-state index < -0.39 is 11.7 Å². The number of ether oxygens (including phenoxy) is 1. The van der Waals surface area contributed by atoms with E-state index >= 15 is 0 Å². The van der Waals surface area contributed by atoms with Crippen molar-refractivity contribution in [1.82, 2.24) is 15.5 Å². The zero-order valence-corrected chi connectivity index (χ0v) is 15.4. The third-order valence-electron chi connectivity index (χ3n) is 3.81. The first-order chi connectivity index (χ1) is 10.7. The van der Waals surface area contributed by atoms with Gasteiger partial charge >= 0.3 is 6.09 Å². The minimum atomic E-state index is -0.567. The Balaban J connectivity index is 2.36. The van der Waals surface area contributed by atoms with Gasteiger partial charge in [-0.2, -0.15) is 0 Å². The Bertz CT molecular complexity index is 349. The van der Waals surface area contributed by atoms with Crippen molar-refractivity contribution >= 4 is 6.09 Å². The maximum atomic E-state index is 12.2. The number of amides is 1. The highest BCUT2D eigenvalue weighted by Crippen LogP contribution is 2.12. The van der Waals surface area contributed by atoms with E-state index in [-0.39, 0.29) is 12.6 Å². The van der Waals surface area contributed by atoms with Crippen LogP contribution in [0.5, 0.6) is 0 Å². The number of hydrogen-bond acceptors (Lipinski definition) is 5. The first kappa shape index (κ1) is 20.2. The number of aliphatic hydroxyl groups excluding tert-OH is 1. The predicted octanol–water partition coefficient (Wildman–Crippen LogP) is 1.72. The second-order valence-corrected chi connectivity index (χ2v) is 7.66. The number of hydrogen-bond donors (Lipinski definition) is 3. The molecule has 0 spiro atoms. The van der Waals surface area contributed by atoms with Crippen molar-refractivity contribution in [1.29, 1.82) is 0 Å². The molecule has 6 heteroatoms. The molecule has 1 heterocycles. The largest absolute Gasteiger partial charge is 0.444 e. The second kappa shape index (κ2) is 9.45. The molecule has 0 aromatic rings. The minimum absolute atomic E-state index is 0.287. The fourth-order valence-corrected chi connectivity index (χ4v) is 2.82. The van der Waals surface area contributed by atoms with Crippen LogP contribution in [0.4, 0.5) is 4.79 Å². The van der Waals surface area contributed by atoms with Gasteiger partial charge in [-0.1, -0.05) is 0 Å². The molecule has 1 rings (SSSR count). The Labute approximate surface area is 141 Å². The maximum Gasteiger partial charge on any atom is 0.410 e. The third-order valence-corrected chi connectivity index (χ3v) is 3.81. The summed E-state index contributed by atoms with van der Waals surface area (Å²) in [7, 11) is 0. The van der Waals surface area contributed by atoms with Gasteiger partial charge in [0.15, 0.2) is 0 Å². The lowest BCUT2D eigenvalue weighted by atomic mass is 10.1. The van der Waals surface area contributed by atoms with Gasteiger partial charge in [-0.3, -0.25) is 0 Å². The molecule has 3 N–H and O–H groups in total. The van der Waals surface area contributed by atoms with Gasteiger partial charge in [0.25, 0.3) is 0 Å². The molecular formula is C17H35N3O3. The summed E-state index contributed by atoms with van der Waals surface area (Å²) < 4.78 is 5.40. The predicted molar refractivity (Wildman–Crippen MR) is 92.6 cm³/mol. The average Bonchev–Trinajstić information content (AvgIpc) is 2.87. The molecule has 1 aliphatic rings. The molecule has 0 radical (unpaired) electrons. The zero-order valence-electron chi connectivity index (χ0n) is 15.4. The summed E-state index contributed by atoms with van der Waals surface area (Å²) >= 11 is 0. The van der Waals surface area contributed by atoms with Gasteiger partial charge in [-0.05, 0) is 60.4 Å². The van der Waals surface area contributed by atoms with E-state index in [2.05, 4.69) is 17.6 Å². The highest BCUT2D eigenvalue weighted by atomic mass is 16.6. The van der Waals surface area contributed by atoms with Crippen LogP contribution in [0, 0.1) is 0 Å². The molecule has 1 saturated heterocycles. The molecule has 3 unspecified atom stereocenters. The van der Waals surface area contributed by atoms with Gasteiger partial charge in [-0.25, -0.2) is 4.79 Å². The fourth-order valence-electron chi connectivity index (χ4n) is 2.82. The Morgan fingerprint density at radius 3 is 2.65 bits per heavy atom. The Hall–Kier alpha value is -0.850. The number of nitrogens with zero attached hydrogens (tertiary/aromatic N) is 1. The Morgan fingerprint density at radius 1 is 1.43 bits per heavy atom. The lowest BCUT2D eigenvalue weighted by Crippen LogP contribution is -2.45. The normalized spacial score (nSPS) is 21.0. The van der Waals surface area contributed by atoms with Crippen molar-refractivity contribution < 1.29 is 14.6 Å². The lowest BCUT2D eigenvalue weighted by Gasteiger charge is -2.29. The molecule has 0 aromatic carbocycles. The Morgan fingerprint density at radius 2 is 2.13 bits per heavy atom. The zero-order chi connectivity index (χ0) is 17.5. The molecule has 6 nitrogen and oxygen atoms in total. The second-order valence-electron chi connectivity index (χ2n) is 7.66. The number of carbonyl (C=O) groups is 1. The van der Waals surface area contributed by atoms with Gasteiger partial charge in [0.1, 0.15) is 5.60 Å². The smallest absolute Gasteiger partial charge is 0.410 e. The molecular weight excluding hydrogens is 294 g/mol. The van der Waals surface area contributed by atoms with Crippen LogP contribution in [0.2, 0.25) is 0 Å². The molecule has 0 saturated carbocycles. The van der Waals surface area contributed by atoms with Crippen molar-refractivity contribution in [2.45, 2.75) is 77.7 Å². The van der Waals surface area contributed by atoms with Gasteiger partial charge in [0, 0.05) is 31.7 Å². The fraction of sp³-hybridized carbons (Fsp3) is 0.941. The van der Waals surface area contributed by atoms with Gasteiger partial charge in [-0.15, -0.1) is 0 Å². The van der Waals surface area contributed by atoms with E-state index in [0.717, 1.165) is 13.0 Å². The monoisotopic (exact) mass is 329 g/mol. The standard InChI is InChI=1S/C17H35N3O3/c1-13(11-15-7-6-8-19-15)18-9-10-20(12-14(2)21)16(22)23-17(3,4)5/h13-15,18-19,21H,6-12H2,1-5H3. The van der Waals surface area contributed by atoms with Crippen molar-refractivity contribution in [2.75, 3.05) is 26.2 Å². The minimum Gasteiger partial charge on any atom is -0.444 e. The van der Waals surface area contributed by atoms with Crippen LogP contribution in [0.1, 0.15) is 53.9 Å². The lowest BCUT2D eigenvalue weighted by molar-refractivity contribution is 0.0163. The summed E-state index contributed by atoms with van der Waals surface area (Å²) in [5.41, 5.74) is -0.525. The third kappa shape index (κ3) is 9.13. The van der Waals surface area contributed by atoms with Crippen molar-refractivity contribution in [3.8, 4) is 0 Å². The van der Waals surface area contributed by atoms with Crippen LogP contribution in [0.15, 0.2) is 0 Å². The first-order valence-corrected chi connectivity index (χ1v) is 8.80. The SMILES string of the molecule is CC(O)CN(CCNC(C)CC1CCCN1)C(=O)OC(C)(C)C. The molecule has 0 bridgehead atoms. The van der Waals surface area contributed by atoms with Crippen LogP contribution >= 0.6 is 0 Å². The van der Waals surface area contributed by atoms with E-state index in [1.807, 2.05) is 20.8 Å². The van der Waals surface area contributed by atoms with Crippen molar-refractivity contribution in [3.63, 3.8) is 0 Å². The van der Waals surface area contributed by atoms with Gasteiger partial charge < -0.3 is 25.4 Å². The topological polar surface area (TPSA) is 73.8 Å². The van der Waals surface area contributed by atoms with Crippen LogP contribution in [-0.4, -0.2) is 66.1 Å². The molecule has 0 aliphatic carbocycles. The van der Waals surface area contributed by atoms with Crippen molar-refractivity contribution in [2.24, 2.45) is 0 Å². The van der Waals surface area contributed by atoms with Gasteiger partial charge in [0.2, 0.25) is 0 Å². The molecule has 136 valence electrons. The number of rotatable bonds is 8. The summed E-state index contributed by atoms with van der Waals surface area (Å²) in [6.45, 7) is 12.0. The molecule has 1 amide bonds. The molecule has 23 heavy (non-hydrogen) atoms. The summed E-state index contributed by atoms with van der Waals surface area (Å²) in [6.07, 6.45) is 2.67. The van der Waals surface area contributed by atoms with Crippen LogP contribution in [0.3, 0.4) is 0 Å². The van der Waals surface area contributed by atoms with Gasteiger partial charge in [0.05, 0.1) is 6.10 Å². The molecule has 1 aliphatic heterocycles. The number of aliphatic hydroxyl groups is 1.